The smallest absolute Gasteiger partial charge is 0.192 e. The molecule has 1 heterocycles. The van der Waals surface area contributed by atoms with E-state index in [1.165, 1.54) is 25.7 Å². The Kier molecular flexibility index (Phi) is 2.65. The molecular formula is C12H23N3. The first-order valence-corrected chi connectivity index (χ1v) is 6.21. The highest BCUT2D eigenvalue weighted by molar-refractivity contribution is 5.81. The summed E-state index contributed by atoms with van der Waals surface area (Å²) in [5, 5.41) is 0. The van der Waals surface area contributed by atoms with Crippen LogP contribution in [0.4, 0.5) is 0 Å². The predicted molar refractivity (Wildman–Crippen MR) is 63.8 cm³/mol. The topological polar surface area (TPSA) is 41.6 Å². The molecule has 0 aromatic carbocycles. The van der Waals surface area contributed by atoms with E-state index in [1.807, 2.05) is 0 Å². The van der Waals surface area contributed by atoms with E-state index in [1.54, 1.807) is 0 Å². The zero-order valence-corrected chi connectivity index (χ0v) is 10.2. The molecule has 0 aromatic heterocycles. The van der Waals surface area contributed by atoms with Crippen LogP contribution in [0.1, 0.15) is 46.5 Å². The average molecular weight is 209 g/mol. The van der Waals surface area contributed by atoms with Crippen LogP contribution in [-0.4, -0.2) is 29.0 Å². The third-order valence-electron chi connectivity index (χ3n) is 4.17. The van der Waals surface area contributed by atoms with E-state index >= 15 is 0 Å². The van der Waals surface area contributed by atoms with Crippen LogP contribution in [0.2, 0.25) is 0 Å². The lowest BCUT2D eigenvalue weighted by atomic mass is 9.83. The fourth-order valence-corrected chi connectivity index (χ4v) is 3.61. The van der Waals surface area contributed by atoms with Gasteiger partial charge in [-0.1, -0.05) is 19.8 Å². The quantitative estimate of drug-likeness (QED) is 0.755. The van der Waals surface area contributed by atoms with Crippen molar-refractivity contribution in [2.45, 2.75) is 58.0 Å². The van der Waals surface area contributed by atoms with E-state index in [2.05, 4.69) is 30.7 Å². The SMILES string of the molecule is CCC1CCCC12CN=C(N)N2C(C)C. The molecule has 1 aliphatic carbocycles. The maximum atomic E-state index is 6.03. The van der Waals surface area contributed by atoms with Crippen LogP contribution < -0.4 is 5.73 Å². The molecule has 0 bridgehead atoms. The maximum absolute atomic E-state index is 6.03. The second-order valence-corrected chi connectivity index (χ2v) is 5.24. The van der Waals surface area contributed by atoms with Gasteiger partial charge in [-0.2, -0.15) is 0 Å². The minimum Gasteiger partial charge on any atom is -0.370 e. The van der Waals surface area contributed by atoms with E-state index in [4.69, 9.17) is 5.73 Å². The molecule has 1 spiro atoms. The minimum absolute atomic E-state index is 0.271. The summed E-state index contributed by atoms with van der Waals surface area (Å²) in [4.78, 5) is 6.88. The molecular weight excluding hydrogens is 186 g/mol. The van der Waals surface area contributed by atoms with Gasteiger partial charge in [-0.15, -0.1) is 0 Å². The normalized spacial score (nSPS) is 35.6. The molecule has 3 heteroatoms. The Morgan fingerprint density at radius 3 is 2.93 bits per heavy atom. The molecule has 1 fully saturated rings. The summed E-state index contributed by atoms with van der Waals surface area (Å²) in [6.45, 7) is 7.67. The first kappa shape index (κ1) is 10.8. The summed E-state index contributed by atoms with van der Waals surface area (Å²) in [5.74, 6) is 1.55. The van der Waals surface area contributed by atoms with Crippen molar-refractivity contribution < 1.29 is 0 Å². The summed E-state index contributed by atoms with van der Waals surface area (Å²) >= 11 is 0. The van der Waals surface area contributed by atoms with Crippen LogP contribution in [-0.2, 0) is 0 Å². The first-order chi connectivity index (χ1) is 7.12. The monoisotopic (exact) mass is 209 g/mol. The van der Waals surface area contributed by atoms with Crippen molar-refractivity contribution in [3.8, 4) is 0 Å². The molecule has 2 rings (SSSR count). The van der Waals surface area contributed by atoms with Gasteiger partial charge in [0, 0.05) is 6.04 Å². The van der Waals surface area contributed by atoms with E-state index in [9.17, 15) is 0 Å². The van der Waals surface area contributed by atoms with Gasteiger partial charge in [-0.05, 0) is 32.6 Å². The lowest BCUT2D eigenvalue weighted by molar-refractivity contribution is 0.116. The highest BCUT2D eigenvalue weighted by Gasteiger charge is 2.50. The van der Waals surface area contributed by atoms with E-state index in [0.29, 0.717) is 6.04 Å². The number of aliphatic imine (C=N–C) groups is 1. The molecule has 0 saturated heterocycles. The van der Waals surface area contributed by atoms with Gasteiger partial charge >= 0.3 is 0 Å². The van der Waals surface area contributed by atoms with Gasteiger partial charge in [0.05, 0.1) is 12.1 Å². The predicted octanol–water partition coefficient (Wildman–Crippen LogP) is 1.97. The fourth-order valence-electron chi connectivity index (χ4n) is 3.61. The Bertz CT molecular complexity index is 272. The summed E-state index contributed by atoms with van der Waals surface area (Å²) in [6.07, 6.45) is 5.22. The lowest BCUT2D eigenvalue weighted by Crippen LogP contribution is -2.56. The largest absolute Gasteiger partial charge is 0.370 e. The zero-order chi connectivity index (χ0) is 11.1. The van der Waals surface area contributed by atoms with Crippen molar-refractivity contribution in [3.63, 3.8) is 0 Å². The van der Waals surface area contributed by atoms with Gasteiger partial charge in [0.25, 0.3) is 0 Å². The second-order valence-electron chi connectivity index (χ2n) is 5.24. The Morgan fingerprint density at radius 1 is 1.60 bits per heavy atom. The number of nitrogens with zero attached hydrogens (tertiary/aromatic N) is 2. The molecule has 1 saturated carbocycles. The summed E-state index contributed by atoms with van der Waals surface area (Å²) in [6, 6.07) is 0.475. The van der Waals surface area contributed by atoms with Gasteiger partial charge in [0.1, 0.15) is 0 Å². The van der Waals surface area contributed by atoms with E-state index in [-0.39, 0.29) is 5.54 Å². The van der Waals surface area contributed by atoms with Crippen LogP contribution in [0.5, 0.6) is 0 Å². The van der Waals surface area contributed by atoms with Gasteiger partial charge in [0.15, 0.2) is 5.96 Å². The van der Waals surface area contributed by atoms with Crippen molar-refractivity contribution in [2.24, 2.45) is 16.6 Å². The van der Waals surface area contributed by atoms with Gasteiger partial charge in [-0.3, -0.25) is 4.99 Å². The minimum atomic E-state index is 0.271. The molecule has 0 amide bonds. The van der Waals surface area contributed by atoms with Crippen LogP contribution in [0.3, 0.4) is 0 Å². The van der Waals surface area contributed by atoms with Crippen LogP contribution in [0, 0.1) is 5.92 Å². The highest BCUT2D eigenvalue weighted by Crippen LogP contribution is 2.45. The van der Waals surface area contributed by atoms with Crippen LogP contribution >= 0.6 is 0 Å². The number of rotatable bonds is 2. The molecule has 2 N–H and O–H groups in total. The van der Waals surface area contributed by atoms with Gasteiger partial charge in [-0.25, -0.2) is 0 Å². The zero-order valence-electron chi connectivity index (χ0n) is 10.2. The molecule has 0 aromatic rings. The Morgan fingerprint density at radius 2 is 2.33 bits per heavy atom. The molecule has 86 valence electrons. The molecule has 0 radical (unpaired) electrons. The third kappa shape index (κ3) is 1.44. The van der Waals surface area contributed by atoms with E-state index in [0.717, 1.165) is 18.4 Å². The standard InChI is InChI=1S/C12H23N3/c1-4-10-6-5-7-12(10)8-14-11(13)15(12)9(2)3/h9-10H,4-8H2,1-3H3,(H2,13,14). The number of hydrogen-bond donors (Lipinski definition) is 1. The molecule has 3 nitrogen and oxygen atoms in total. The van der Waals surface area contributed by atoms with Gasteiger partial charge in [0.2, 0.25) is 0 Å². The van der Waals surface area contributed by atoms with Crippen molar-refractivity contribution in [1.29, 1.82) is 0 Å². The van der Waals surface area contributed by atoms with Crippen molar-refractivity contribution in [1.82, 2.24) is 4.90 Å². The average Bonchev–Trinajstić information content (AvgIpc) is 2.72. The van der Waals surface area contributed by atoms with Crippen molar-refractivity contribution in [2.75, 3.05) is 6.54 Å². The highest BCUT2D eigenvalue weighted by atomic mass is 15.4. The first-order valence-electron chi connectivity index (χ1n) is 6.21. The Labute approximate surface area is 92.7 Å². The number of guanidine groups is 1. The van der Waals surface area contributed by atoms with Crippen LogP contribution in [0.25, 0.3) is 0 Å². The lowest BCUT2D eigenvalue weighted by Gasteiger charge is -2.43. The Hall–Kier alpha value is -0.730. The molecule has 1 aliphatic heterocycles. The van der Waals surface area contributed by atoms with Gasteiger partial charge < -0.3 is 10.6 Å². The van der Waals surface area contributed by atoms with Crippen molar-refractivity contribution in [3.05, 3.63) is 0 Å². The molecule has 2 unspecified atom stereocenters. The molecule has 2 atom stereocenters. The number of nitrogens with two attached hydrogens (primary N) is 1. The third-order valence-corrected chi connectivity index (χ3v) is 4.17. The van der Waals surface area contributed by atoms with Crippen molar-refractivity contribution >= 4 is 5.96 Å². The molecule has 2 aliphatic rings. The summed E-state index contributed by atoms with van der Waals surface area (Å²) in [5.41, 5.74) is 6.30. The Balaban J connectivity index is 2.28. The fraction of sp³-hybridized carbons (Fsp3) is 0.917. The second kappa shape index (κ2) is 3.69. The van der Waals surface area contributed by atoms with E-state index < -0.39 is 0 Å². The van der Waals surface area contributed by atoms with Crippen LogP contribution in [0.15, 0.2) is 4.99 Å². The summed E-state index contributed by atoms with van der Waals surface area (Å²) < 4.78 is 0. The summed E-state index contributed by atoms with van der Waals surface area (Å²) in [7, 11) is 0. The molecule has 15 heavy (non-hydrogen) atoms. The number of hydrogen-bond acceptors (Lipinski definition) is 3. The maximum Gasteiger partial charge on any atom is 0.192 e.